The first kappa shape index (κ1) is 21.7. The van der Waals surface area contributed by atoms with Gasteiger partial charge in [-0.1, -0.05) is 19.3 Å². The Kier molecular flexibility index (Phi) is 5.75. The van der Waals surface area contributed by atoms with Crippen LogP contribution in [0.4, 0.5) is 4.79 Å². The number of nitrogens with zero attached hydrogens (tertiary/aromatic N) is 2. The average molecular weight is 460 g/mol. The number of urea groups is 1. The first-order valence-electron chi connectivity index (χ1n) is 11.3. The molecule has 0 spiro atoms. The fourth-order valence-corrected chi connectivity index (χ4v) is 4.58. The van der Waals surface area contributed by atoms with Crippen LogP contribution in [0.1, 0.15) is 32.1 Å². The number of rotatable bonds is 6. The third kappa shape index (κ3) is 4.12. The van der Waals surface area contributed by atoms with Crippen LogP contribution < -0.4 is 20.1 Å². The molecule has 1 saturated carbocycles. The monoisotopic (exact) mass is 460 g/mol. The molecule has 1 aliphatic carbocycles. The Morgan fingerprint density at radius 3 is 2.00 bits per heavy atom. The van der Waals surface area contributed by atoms with Gasteiger partial charge in [0.15, 0.2) is 0 Å². The van der Waals surface area contributed by atoms with Gasteiger partial charge in [-0.3, -0.25) is 20.2 Å². The maximum absolute atomic E-state index is 12.9. The van der Waals surface area contributed by atoms with Gasteiger partial charge in [-0.05, 0) is 61.4 Å². The first-order valence-corrected chi connectivity index (χ1v) is 11.3. The molecule has 2 fully saturated rings. The van der Waals surface area contributed by atoms with E-state index in [0.717, 1.165) is 24.9 Å². The summed E-state index contributed by atoms with van der Waals surface area (Å²) in [7, 11) is 0. The van der Waals surface area contributed by atoms with Crippen molar-refractivity contribution in [2.75, 3.05) is 0 Å². The molecule has 1 saturated heterocycles. The van der Waals surface area contributed by atoms with Gasteiger partial charge in [-0.15, -0.1) is 0 Å². The van der Waals surface area contributed by atoms with Crippen LogP contribution in [0.2, 0.25) is 0 Å². The molecule has 9 heteroatoms. The fraction of sp³-hybridized carbons (Fsp3) is 0.280. The molecule has 0 unspecified atom stereocenters. The van der Waals surface area contributed by atoms with Crippen molar-refractivity contribution >= 4 is 17.8 Å². The normalized spacial score (nSPS) is 18.2. The quantitative estimate of drug-likeness (QED) is 0.542. The molecule has 5 rings (SSSR count). The van der Waals surface area contributed by atoms with Crippen LogP contribution in [0.3, 0.4) is 0 Å². The Hall–Kier alpha value is -4.14. The van der Waals surface area contributed by atoms with Crippen molar-refractivity contribution in [1.82, 2.24) is 20.2 Å². The number of ether oxygens (including phenoxy) is 2. The lowest BCUT2D eigenvalue weighted by molar-refractivity contribution is -0.158. The van der Waals surface area contributed by atoms with Gasteiger partial charge in [-0.25, -0.2) is 9.78 Å². The number of imide groups is 2. The number of carbonyl (C=O) groups is 3. The van der Waals surface area contributed by atoms with E-state index in [1.807, 2.05) is 35.0 Å². The molecule has 174 valence electrons. The van der Waals surface area contributed by atoms with Gasteiger partial charge in [0.05, 0.1) is 6.33 Å². The van der Waals surface area contributed by atoms with E-state index < -0.39 is 23.4 Å². The molecule has 3 aromatic rings. The van der Waals surface area contributed by atoms with Crippen LogP contribution in [0.5, 0.6) is 17.2 Å². The molecule has 0 bridgehead atoms. The molecule has 1 aromatic heterocycles. The van der Waals surface area contributed by atoms with Gasteiger partial charge in [0.1, 0.15) is 17.2 Å². The number of hydrogen-bond donors (Lipinski definition) is 2. The Morgan fingerprint density at radius 1 is 0.824 bits per heavy atom. The highest BCUT2D eigenvalue weighted by molar-refractivity contribution is 6.22. The highest BCUT2D eigenvalue weighted by atomic mass is 16.5. The van der Waals surface area contributed by atoms with Gasteiger partial charge in [-0.2, -0.15) is 0 Å². The summed E-state index contributed by atoms with van der Waals surface area (Å²) in [6.07, 6.45) is 9.48. The fourth-order valence-electron chi connectivity index (χ4n) is 4.58. The van der Waals surface area contributed by atoms with Crippen molar-refractivity contribution in [2.45, 2.75) is 37.7 Å². The third-order valence-corrected chi connectivity index (χ3v) is 6.29. The second kappa shape index (κ2) is 9.01. The standard InChI is InChI=1S/C25H24N4O5/c30-22-25(17-4-2-1-3-5-17,23(31)28-24(32)27-22)34-21-12-10-20(11-13-21)33-19-8-6-18(7-9-19)29-15-14-26-16-29/h6-17H,1-5H2,(H2,27,28,30,31,32). The smallest absolute Gasteiger partial charge is 0.328 e. The number of aromatic nitrogens is 2. The number of barbiturate groups is 1. The Bertz CT molecular complexity index is 1160. The molecule has 4 amide bonds. The molecule has 2 heterocycles. The van der Waals surface area contributed by atoms with Crippen LogP contribution >= 0.6 is 0 Å². The SMILES string of the molecule is O=C1NC(=O)C(Oc2ccc(Oc3ccc(-n4ccnc4)cc3)cc2)(C2CCCCC2)C(=O)N1. The van der Waals surface area contributed by atoms with E-state index in [9.17, 15) is 14.4 Å². The predicted octanol–water partition coefficient (Wildman–Crippen LogP) is 3.73. The summed E-state index contributed by atoms with van der Waals surface area (Å²) in [6, 6.07) is 13.4. The van der Waals surface area contributed by atoms with Gasteiger partial charge < -0.3 is 14.0 Å². The molecular formula is C25H24N4O5. The summed E-state index contributed by atoms with van der Waals surface area (Å²) in [5, 5.41) is 4.42. The Morgan fingerprint density at radius 2 is 1.41 bits per heavy atom. The molecular weight excluding hydrogens is 436 g/mol. The van der Waals surface area contributed by atoms with E-state index in [-0.39, 0.29) is 5.92 Å². The number of amides is 4. The van der Waals surface area contributed by atoms with Gasteiger partial charge in [0, 0.05) is 24.0 Å². The number of hydrogen-bond acceptors (Lipinski definition) is 6. The minimum absolute atomic E-state index is 0.320. The zero-order valence-electron chi connectivity index (χ0n) is 18.4. The third-order valence-electron chi connectivity index (χ3n) is 6.29. The lowest BCUT2D eigenvalue weighted by atomic mass is 9.75. The van der Waals surface area contributed by atoms with E-state index in [4.69, 9.17) is 9.47 Å². The number of nitrogens with one attached hydrogen (secondary N) is 2. The van der Waals surface area contributed by atoms with Crippen LogP contribution in [-0.4, -0.2) is 33.0 Å². The molecule has 2 N–H and O–H groups in total. The lowest BCUT2D eigenvalue weighted by Crippen LogP contribution is -2.72. The Labute approximate surface area is 196 Å². The molecule has 0 atom stereocenters. The van der Waals surface area contributed by atoms with Crippen molar-refractivity contribution in [2.24, 2.45) is 5.92 Å². The van der Waals surface area contributed by atoms with Crippen molar-refractivity contribution in [1.29, 1.82) is 0 Å². The summed E-state index contributed by atoms with van der Waals surface area (Å²) in [5.74, 6) is -0.187. The van der Waals surface area contributed by atoms with Crippen LogP contribution in [0.25, 0.3) is 5.69 Å². The summed E-state index contributed by atoms with van der Waals surface area (Å²) in [4.78, 5) is 41.5. The molecule has 2 aliphatic rings. The van der Waals surface area contributed by atoms with Crippen molar-refractivity contribution in [3.05, 3.63) is 67.3 Å². The predicted molar refractivity (Wildman–Crippen MR) is 122 cm³/mol. The zero-order chi connectivity index (χ0) is 23.5. The average Bonchev–Trinajstić information content (AvgIpc) is 3.39. The minimum Gasteiger partial charge on any atom is -0.467 e. The van der Waals surface area contributed by atoms with Gasteiger partial charge >= 0.3 is 6.03 Å². The van der Waals surface area contributed by atoms with Crippen LogP contribution in [0.15, 0.2) is 67.3 Å². The van der Waals surface area contributed by atoms with Crippen molar-refractivity contribution in [3.8, 4) is 22.9 Å². The van der Waals surface area contributed by atoms with Crippen LogP contribution in [0, 0.1) is 5.92 Å². The van der Waals surface area contributed by atoms with E-state index in [1.165, 1.54) is 0 Å². The topological polar surface area (TPSA) is 112 Å². The van der Waals surface area contributed by atoms with Gasteiger partial charge in [0.2, 0.25) is 0 Å². The van der Waals surface area contributed by atoms with Crippen LogP contribution in [-0.2, 0) is 9.59 Å². The summed E-state index contributed by atoms with van der Waals surface area (Å²) < 4.78 is 13.9. The Balaban J connectivity index is 1.33. The van der Waals surface area contributed by atoms with Crippen molar-refractivity contribution in [3.63, 3.8) is 0 Å². The molecule has 0 radical (unpaired) electrons. The summed E-state index contributed by atoms with van der Waals surface area (Å²) >= 11 is 0. The maximum atomic E-state index is 12.9. The molecule has 9 nitrogen and oxygen atoms in total. The second-order valence-corrected chi connectivity index (χ2v) is 8.45. The van der Waals surface area contributed by atoms with Gasteiger partial charge in [0.25, 0.3) is 17.4 Å². The number of imidazole rings is 1. The highest BCUT2D eigenvalue weighted by Crippen LogP contribution is 2.38. The first-order chi connectivity index (χ1) is 16.5. The largest absolute Gasteiger partial charge is 0.467 e. The zero-order valence-corrected chi connectivity index (χ0v) is 18.4. The molecule has 1 aliphatic heterocycles. The molecule has 34 heavy (non-hydrogen) atoms. The maximum Gasteiger partial charge on any atom is 0.328 e. The summed E-state index contributed by atoms with van der Waals surface area (Å²) in [5.41, 5.74) is -0.816. The second-order valence-electron chi connectivity index (χ2n) is 8.45. The molecule has 2 aromatic carbocycles. The van der Waals surface area contributed by atoms with E-state index in [1.54, 1.807) is 36.8 Å². The van der Waals surface area contributed by atoms with Crippen molar-refractivity contribution < 1.29 is 23.9 Å². The van der Waals surface area contributed by atoms with E-state index >= 15 is 0 Å². The number of benzene rings is 2. The van der Waals surface area contributed by atoms with E-state index in [0.29, 0.717) is 30.1 Å². The van der Waals surface area contributed by atoms with E-state index in [2.05, 4.69) is 15.6 Å². The highest BCUT2D eigenvalue weighted by Gasteiger charge is 2.58. The minimum atomic E-state index is -1.78. The lowest BCUT2D eigenvalue weighted by Gasteiger charge is -2.41. The summed E-state index contributed by atoms with van der Waals surface area (Å²) in [6.45, 7) is 0. The number of carbonyl (C=O) groups excluding carboxylic acids is 3.